The third-order valence-electron chi connectivity index (χ3n) is 5.16. The van der Waals surface area contributed by atoms with E-state index in [2.05, 4.69) is 67.8 Å². The van der Waals surface area contributed by atoms with Crippen molar-refractivity contribution in [1.82, 2.24) is 15.1 Å². The number of hydrogen-bond acceptors (Lipinski definition) is 3. The SMILES string of the molecule is Cc1ccc(C)c(-n2cc(CNC[C@H]3CCCO3)c(-c3ccccc3)n2)c1. The van der Waals surface area contributed by atoms with Crippen LogP contribution in [-0.4, -0.2) is 29.0 Å². The van der Waals surface area contributed by atoms with Gasteiger partial charge >= 0.3 is 0 Å². The third-order valence-corrected chi connectivity index (χ3v) is 5.16. The molecule has 0 aliphatic carbocycles. The minimum Gasteiger partial charge on any atom is -0.377 e. The molecule has 4 nitrogen and oxygen atoms in total. The number of rotatable bonds is 6. The van der Waals surface area contributed by atoms with Crippen LogP contribution in [0.15, 0.2) is 54.7 Å². The van der Waals surface area contributed by atoms with Crippen LogP contribution in [0, 0.1) is 13.8 Å². The molecule has 0 bridgehead atoms. The second-order valence-electron chi connectivity index (χ2n) is 7.37. The van der Waals surface area contributed by atoms with E-state index in [-0.39, 0.29) is 0 Å². The van der Waals surface area contributed by atoms with Gasteiger partial charge in [-0.05, 0) is 43.9 Å². The summed E-state index contributed by atoms with van der Waals surface area (Å²) in [5.41, 5.74) is 7.00. The summed E-state index contributed by atoms with van der Waals surface area (Å²) in [5.74, 6) is 0. The van der Waals surface area contributed by atoms with Crippen LogP contribution in [0.3, 0.4) is 0 Å². The minimum absolute atomic E-state index is 0.347. The predicted octanol–water partition coefficient (Wildman–Crippen LogP) is 4.42. The van der Waals surface area contributed by atoms with Gasteiger partial charge in [0.15, 0.2) is 0 Å². The molecule has 0 unspecified atom stereocenters. The number of benzene rings is 2. The van der Waals surface area contributed by atoms with Crippen molar-refractivity contribution in [3.63, 3.8) is 0 Å². The lowest BCUT2D eigenvalue weighted by molar-refractivity contribution is 0.110. The van der Waals surface area contributed by atoms with Gasteiger partial charge in [-0.1, -0.05) is 42.5 Å². The summed E-state index contributed by atoms with van der Waals surface area (Å²) < 4.78 is 7.75. The standard InChI is InChI=1S/C23H27N3O/c1-17-10-11-18(2)22(13-17)26-16-20(14-24-15-21-9-6-12-27-21)23(25-26)19-7-4-3-5-8-19/h3-5,7-8,10-11,13,16,21,24H,6,9,12,14-15H2,1-2H3/t21-/m1/s1. The maximum Gasteiger partial charge on any atom is 0.0972 e. The van der Waals surface area contributed by atoms with Crippen molar-refractivity contribution < 1.29 is 4.74 Å². The first-order chi connectivity index (χ1) is 13.2. The van der Waals surface area contributed by atoms with E-state index < -0.39 is 0 Å². The number of hydrogen-bond donors (Lipinski definition) is 1. The van der Waals surface area contributed by atoms with Crippen LogP contribution in [0.5, 0.6) is 0 Å². The molecule has 1 atom stereocenters. The highest BCUT2D eigenvalue weighted by Crippen LogP contribution is 2.25. The molecule has 1 aliphatic heterocycles. The molecule has 1 N–H and O–H groups in total. The van der Waals surface area contributed by atoms with Gasteiger partial charge in [0.05, 0.1) is 17.5 Å². The first-order valence-electron chi connectivity index (χ1n) is 9.74. The van der Waals surface area contributed by atoms with Crippen LogP contribution >= 0.6 is 0 Å². The largest absolute Gasteiger partial charge is 0.377 e. The maximum atomic E-state index is 5.73. The van der Waals surface area contributed by atoms with Gasteiger partial charge in [-0.3, -0.25) is 0 Å². The average molecular weight is 361 g/mol. The van der Waals surface area contributed by atoms with Gasteiger partial charge in [-0.25, -0.2) is 4.68 Å². The normalized spacial score (nSPS) is 16.7. The predicted molar refractivity (Wildman–Crippen MR) is 109 cm³/mol. The smallest absolute Gasteiger partial charge is 0.0972 e. The summed E-state index contributed by atoms with van der Waals surface area (Å²) in [6.07, 6.45) is 4.83. The monoisotopic (exact) mass is 361 g/mol. The molecular weight excluding hydrogens is 334 g/mol. The summed E-state index contributed by atoms with van der Waals surface area (Å²) in [6.45, 7) is 6.83. The third kappa shape index (κ3) is 4.12. The van der Waals surface area contributed by atoms with Crippen molar-refractivity contribution in [1.29, 1.82) is 0 Å². The van der Waals surface area contributed by atoms with Crippen molar-refractivity contribution >= 4 is 0 Å². The fourth-order valence-corrected chi connectivity index (χ4v) is 3.64. The lowest BCUT2D eigenvalue weighted by Crippen LogP contribution is -2.25. The van der Waals surface area contributed by atoms with Crippen LogP contribution in [0.25, 0.3) is 16.9 Å². The highest BCUT2D eigenvalue weighted by Gasteiger charge is 2.17. The highest BCUT2D eigenvalue weighted by molar-refractivity contribution is 5.63. The van der Waals surface area contributed by atoms with Gasteiger partial charge in [0, 0.05) is 37.0 Å². The summed E-state index contributed by atoms with van der Waals surface area (Å²) in [4.78, 5) is 0. The molecular formula is C23H27N3O. The van der Waals surface area contributed by atoms with Crippen molar-refractivity contribution in [3.8, 4) is 16.9 Å². The maximum absolute atomic E-state index is 5.73. The second kappa shape index (κ2) is 8.07. The summed E-state index contributed by atoms with van der Waals surface area (Å²) >= 11 is 0. The van der Waals surface area contributed by atoms with Gasteiger partial charge in [0.2, 0.25) is 0 Å². The molecule has 0 amide bonds. The quantitative estimate of drug-likeness (QED) is 0.706. The molecule has 1 fully saturated rings. The van der Waals surface area contributed by atoms with Crippen LogP contribution in [0.2, 0.25) is 0 Å². The molecule has 2 aromatic carbocycles. The Morgan fingerprint density at radius 2 is 2.00 bits per heavy atom. The van der Waals surface area contributed by atoms with E-state index in [1.165, 1.54) is 23.1 Å². The van der Waals surface area contributed by atoms with Gasteiger partial charge in [0.1, 0.15) is 0 Å². The number of nitrogens with zero attached hydrogens (tertiary/aromatic N) is 2. The summed E-state index contributed by atoms with van der Waals surface area (Å²) in [7, 11) is 0. The first kappa shape index (κ1) is 18.0. The number of nitrogens with one attached hydrogen (secondary N) is 1. The van der Waals surface area contributed by atoms with E-state index in [1.807, 2.05) is 10.7 Å². The Kier molecular flexibility index (Phi) is 5.37. The van der Waals surface area contributed by atoms with E-state index >= 15 is 0 Å². The Bertz CT molecular complexity index is 895. The fraction of sp³-hybridized carbons (Fsp3) is 0.348. The molecule has 0 saturated carbocycles. The molecule has 27 heavy (non-hydrogen) atoms. The Hall–Kier alpha value is -2.43. The molecule has 4 heteroatoms. The van der Waals surface area contributed by atoms with E-state index in [9.17, 15) is 0 Å². The first-order valence-corrected chi connectivity index (χ1v) is 9.74. The second-order valence-corrected chi connectivity index (χ2v) is 7.37. The molecule has 1 saturated heterocycles. The topological polar surface area (TPSA) is 39.1 Å². The Morgan fingerprint density at radius 3 is 2.78 bits per heavy atom. The lowest BCUT2D eigenvalue weighted by atomic mass is 10.1. The molecule has 0 spiro atoms. The van der Waals surface area contributed by atoms with E-state index in [0.29, 0.717) is 6.10 Å². The number of ether oxygens (including phenoxy) is 1. The van der Waals surface area contributed by atoms with E-state index in [4.69, 9.17) is 9.84 Å². The number of aromatic nitrogens is 2. The molecule has 1 aliphatic rings. The van der Waals surface area contributed by atoms with Crippen LogP contribution in [-0.2, 0) is 11.3 Å². The van der Waals surface area contributed by atoms with Crippen molar-refractivity contribution in [2.24, 2.45) is 0 Å². The summed E-state index contributed by atoms with van der Waals surface area (Å²) in [6, 6.07) is 16.9. The lowest BCUT2D eigenvalue weighted by Gasteiger charge is -2.10. The molecule has 3 aromatic rings. The van der Waals surface area contributed by atoms with Gasteiger partial charge in [-0.15, -0.1) is 0 Å². The fourth-order valence-electron chi connectivity index (χ4n) is 3.64. The Labute approximate surface area is 161 Å². The summed E-state index contributed by atoms with van der Waals surface area (Å²) in [5, 5.41) is 8.51. The van der Waals surface area contributed by atoms with Gasteiger partial charge in [-0.2, -0.15) is 5.10 Å². The molecule has 0 radical (unpaired) electrons. The zero-order valence-electron chi connectivity index (χ0n) is 16.1. The van der Waals surface area contributed by atoms with E-state index in [1.54, 1.807) is 0 Å². The Morgan fingerprint density at radius 1 is 1.15 bits per heavy atom. The Balaban J connectivity index is 1.63. The zero-order valence-corrected chi connectivity index (χ0v) is 16.1. The van der Waals surface area contributed by atoms with Crippen LogP contribution in [0.4, 0.5) is 0 Å². The van der Waals surface area contributed by atoms with Crippen molar-refractivity contribution in [2.75, 3.05) is 13.2 Å². The van der Waals surface area contributed by atoms with Crippen LogP contribution < -0.4 is 5.32 Å². The van der Waals surface area contributed by atoms with Crippen molar-refractivity contribution in [3.05, 3.63) is 71.4 Å². The zero-order chi connectivity index (χ0) is 18.6. The van der Waals surface area contributed by atoms with Crippen LogP contribution in [0.1, 0.15) is 29.5 Å². The molecule has 1 aromatic heterocycles. The van der Waals surface area contributed by atoms with Crippen molar-refractivity contribution in [2.45, 2.75) is 39.3 Å². The van der Waals surface area contributed by atoms with Gasteiger partial charge < -0.3 is 10.1 Å². The molecule has 140 valence electrons. The average Bonchev–Trinajstić information content (AvgIpc) is 3.35. The van der Waals surface area contributed by atoms with E-state index in [0.717, 1.165) is 43.1 Å². The minimum atomic E-state index is 0.347. The molecule has 4 rings (SSSR count). The molecule has 2 heterocycles. The highest BCUT2D eigenvalue weighted by atomic mass is 16.5. The van der Waals surface area contributed by atoms with Gasteiger partial charge in [0.25, 0.3) is 0 Å². The number of aryl methyl sites for hydroxylation is 2.